The maximum absolute atomic E-state index is 11.5. The number of alkyl halides is 1. The third-order valence-electron chi connectivity index (χ3n) is 2.62. The number of amides is 2. The first kappa shape index (κ1) is 16.1. The van der Waals surface area contributed by atoms with Crippen LogP contribution < -0.4 is 10.6 Å². The second-order valence-electron chi connectivity index (χ2n) is 4.22. The average Bonchev–Trinajstić information content (AvgIpc) is 2.37. The molecule has 1 rings (SSSR count). The lowest BCUT2D eigenvalue weighted by Crippen LogP contribution is -2.36. The minimum atomic E-state index is -0.469. The van der Waals surface area contributed by atoms with Gasteiger partial charge in [0.25, 0.3) is 0 Å². The second kappa shape index (κ2) is 9.89. The van der Waals surface area contributed by atoms with Crippen LogP contribution in [-0.2, 0) is 9.53 Å². The van der Waals surface area contributed by atoms with E-state index in [1.807, 2.05) is 22.6 Å². The van der Waals surface area contributed by atoms with Crippen LogP contribution in [0.4, 0.5) is 4.79 Å². The molecule has 1 aliphatic carbocycles. The molecule has 0 bridgehead atoms. The molecular formula is C13H19IN2O3. The van der Waals surface area contributed by atoms with Gasteiger partial charge in [0, 0.05) is 19.5 Å². The molecule has 0 radical (unpaired) electrons. The van der Waals surface area contributed by atoms with Gasteiger partial charge in [-0.25, -0.2) is 4.79 Å². The Hall–Kier alpha value is -0.970. The van der Waals surface area contributed by atoms with E-state index in [-0.39, 0.29) is 12.0 Å². The summed E-state index contributed by atoms with van der Waals surface area (Å²) in [6.07, 6.45) is 4.21. The van der Waals surface area contributed by atoms with E-state index >= 15 is 0 Å². The van der Waals surface area contributed by atoms with Crippen molar-refractivity contribution in [1.29, 1.82) is 0 Å². The predicted molar refractivity (Wildman–Crippen MR) is 81.0 cm³/mol. The lowest BCUT2D eigenvalue weighted by Gasteiger charge is -2.14. The van der Waals surface area contributed by atoms with E-state index in [0.29, 0.717) is 17.5 Å². The second-order valence-corrected chi connectivity index (χ2v) is 4.99. The van der Waals surface area contributed by atoms with Gasteiger partial charge in [0.15, 0.2) is 6.10 Å². The van der Waals surface area contributed by atoms with Gasteiger partial charge in [-0.3, -0.25) is 4.79 Å². The van der Waals surface area contributed by atoms with E-state index in [1.165, 1.54) is 0 Å². The highest BCUT2D eigenvalue weighted by Crippen LogP contribution is 2.10. The minimum Gasteiger partial charge on any atom is -0.433 e. The highest BCUT2D eigenvalue weighted by molar-refractivity contribution is 14.1. The van der Waals surface area contributed by atoms with Gasteiger partial charge in [-0.05, 0) is 19.3 Å². The van der Waals surface area contributed by atoms with E-state index in [9.17, 15) is 9.59 Å². The monoisotopic (exact) mass is 378 g/mol. The van der Waals surface area contributed by atoms with Gasteiger partial charge in [0.05, 0.1) is 4.43 Å². The van der Waals surface area contributed by atoms with E-state index in [1.54, 1.807) is 0 Å². The van der Waals surface area contributed by atoms with E-state index < -0.39 is 6.09 Å². The van der Waals surface area contributed by atoms with Gasteiger partial charge < -0.3 is 15.4 Å². The maximum atomic E-state index is 11.5. The van der Waals surface area contributed by atoms with Gasteiger partial charge in [0.2, 0.25) is 5.91 Å². The normalized spacial score (nSPS) is 18.3. The van der Waals surface area contributed by atoms with Crippen molar-refractivity contribution in [1.82, 2.24) is 10.6 Å². The number of nitrogens with one attached hydrogen (secondary N) is 2. The molecule has 5 nitrogen and oxygen atoms in total. The zero-order valence-corrected chi connectivity index (χ0v) is 13.0. The first-order chi connectivity index (χ1) is 9.22. The number of carbonyl (C=O) groups is 2. The summed E-state index contributed by atoms with van der Waals surface area (Å²) in [5, 5.41) is 5.26. The van der Waals surface area contributed by atoms with Crippen molar-refractivity contribution in [2.45, 2.75) is 38.2 Å². The highest BCUT2D eigenvalue weighted by atomic mass is 127. The number of hydrogen-bond acceptors (Lipinski definition) is 3. The van der Waals surface area contributed by atoms with Gasteiger partial charge in [-0.2, -0.15) is 0 Å². The summed E-state index contributed by atoms with van der Waals surface area (Å²) in [6, 6.07) is 0. The molecule has 0 spiro atoms. The van der Waals surface area contributed by atoms with Crippen molar-refractivity contribution < 1.29 is 14.3 Å². The predicted octanol–water partition coefficient (Wildman–Crippen LogP) is 1.60. The average molecular weight is 378 g/mol. The molecule has 106 valence electrons. The minimum absolute atomic E-state index is 0.0401. The van der Waals surface area contributed by atoms with Crippen molar-refractivity contribution in [3.8, 4) is 11.8 Å². The third-order valence-corrected chi connectivity index (χ3v) is 3.31. The zero-order valence-electron chi connectivity index (χ0n) is 10.8. The van der Waals surface area contributed by atoms with Crippen molar-refractivity contribution in [3.05, 3.63) is 0 Å². The molecule has 6 heteroatoms. The number of alkyl carbamates (subject to hydrolysis) is 1. The van der Waals surface area contributed by atoms with Crippen LogP contribution in [0.5, 0.6) is 0 Å². The fourth-order valence-electron chi connectivity index (χ4n) is 1.65. The van der Waals surface area contributed by atoms with E-state index in [0.717, 1.165) is 32.1 Å². The molecular weight excluding hydrogens is 359 g/mol. The number of rotatable bonds is 5. The summed E-state index contributed by atoms with van der Waals surface area (Å²) >= 11 is 1.98. The van der Waals surface area contributed by atoms with Crippen LogP contribution >= 0.6 is 22.6 Å². The molecule has 0 saturated carbocycles. The molecule has 1 aliphatic rings. The molecule has 0 aromatic heterocycles. The van der Waals surface area contributed by atoms with Crippen LogP contribution in [0.2, 0.25) is 0 Å². The Balaban J connectivity index is 2.17. The molecule has 1 unspecified atom stereocenters. The van der Waals surface area contributed by atoms with Crippen molar-refractivity contribution >= 4 is 34.6 Å². The number of halogens is 1. The summed E-state index contributed by atoms with van der Waals surface area (Å²) in [4.78, 5) is 22.5. The fourth-order valence-corrected chi connectivity index (χ4v) is 1.92. The standard InChI is InChI=1S/C13H19IN2O3/c14-10-12(17)15-8-9-16-13(18)19-11-6-4-2-1-3-5-7-11/h11H,1-4,6,8-10H2,(H,15,17)(H,16,18). The fraction of sp³-hybridized carbons (Fsp3) is 0.692. The van der Waals surface area contributed by atoms with Gasteiger partial charge >= 0.3 is 6.09 Å². The van der Waals surface area contributed by atoms with Gasteiger partial charge in [0.1, 0.15) is 0 Å². The largest absolute Gasteiger partial charge is 0.433 e. The molecule has 1 atom stereocenters. The molecule has 2 N–H and O–H groups in total. The SMILES string of the molecule is O=C(CI)NCCNC(=O)OC1C#CCCCCC1. The first-order valence-electron chi connectivity index (χ1n) is 6.48. The smallest absolute Gasteiger partial charge is 0.408 e. The van der Waals surface area contributed by atoms with Crippen molar-refractivity contribution in [2.24, 2.45) is 0 Å². The summed E-state index contributed by atoms with van der Waals surface area (Å²) in [5.41, 5.74) is 0. The van der Waals surface area contributed by atoms with Crippen LogP contribution in [0.1, 0.15) is 32.1 Å². The number of hydrogen-bond donors (Lipinski definition) is 2. The Labute approximate surface area is 127 Å². The van der Waals surface area contributed by atoms with Crippen LogP contribution in [0.25, 0.3) is 0 Å². The molecule has 0 fully saturated rings. The zero-order chi connectivity index (χ0) is 13.9. The first-order valence-corrected chi connectivity index (χ1v) is 8.00. The summed E-state index contributed by atoms with van der Waals surface area (Å²) < 4.78 is 5.64. The Morgan fingerprint density at radius 3 is 2.79 bits per heavy atom. The summed E-state index contributed by atoms with van der Waals surface area (Å²) in [6.45, 7) is 0.772. The quantitative estimate of drug-likeness (QED) is 0.331. The van der Waals surface area contributed by atoms with Crippen molar-refractivity contribution in [3.63, 3.8) is 0 Å². The Bertz CT molecular complexity index is 363. The Kier molecular flexibility index (Phi) is 8.38. The third kappa shape index (κ3) is 7.93. The highest BCUT2D eigenvalue weighted by Gasteiger charge is 2.12. The Morgan fingerprint density at radius 2 is 2.00 bits per heavy atom. The maximum Gasteiger partial charge on any atom is 0.408 e. The lowest BCUT2D eigenvalue weighted by molar-refractivity contribution is -0.118. The number of carbonyl (C=O) groups excluding carboxylic acids is 2. The van der Waals surface area contributed by atoms with Crippen LogP contribution in [0, 0.1) is 11.8 Å². The molecule has 2 amide bonds. The van der Waals surface area contributed by atoms with E-state index in [4.69, 9.17) is 4.74 Å². The van der Waals surface area contributed by atoms with Gasteiger partial charge in [-0.15, -0.1) is 0 Å². The number of ether oxygens (including phenoxy) is 1. The van der Waals surface area contributed by atoms with Crippen LogP contribution in [0.15, 0.2) is 0 Å². The van der Waals surface area contributed by atoms with Crippen molar-refractivity contribution in [2.75, 3.05) is 17.5 Å². The molecule has 19 heavy (non-hydrogen) atoms. The molecule has 0 heterocycles. The summed E-state index contributed by atoms with van der Waals surface area (Å²) in [7, 11) is 0. The Morgan fingerprint density at radius 1 is 1.21 bits per heavy atom. The van der Waals surface area contributed by atoms with E-state index in [2.05, 4.69) is 22.5 Å². The van der Waals surface area contributed by atoms with Gasteiger partial charge in [-0.1, -0.05) is 40.9 Å². The summed E-state index contributed by atoms with van der Waals surface area (Å²) in [5.74, 6) is 5.95. The molecule has 0 aromatic carbocycles. The molecule has 0 aromatic rings. The van der Waals surface area contributed by atoms with Crippen LogP contribution in [-0.4, -0.2) is 35.6 Å². The lowest BCUT2D eigenvalue weighted by atomic mass is 10.1. The molecule has 0 aliphatic heterocycles. The topological polar surface area (TPSA) is 67.4 Å². The molecule has 0 saturated heterocycles. The van der Waals surface area contributed by atoms with Crippen LogP contribution in [0.3, 0.4) is 0 Å².